The summed E-state index contributed by atoms with van der Waals surface area (Å²) in [6, 6.07) is 0. The third-order valence-electron chi connectivity index (χ3n) is 5.99. The zero-order valence-corrected chi connectivity index (χ0v) is 19.9. The third kappa shape index (κ3) is 14.0. The number of unbranched alkanes of at least 4 members (excludes halogenated alkanes) is 12. The van der Waals surface area contributed by atoms with E-state index in [1.807, 2.05) is 0 Å². The first-order valence-corrected chi connectivity index (χ1v) is 12.9. The molecule has 1 fully saturated rings. The minimum atomic E-state index is -0.325. The first-order valence-electron chi connectivity index (χ1n) is 12.9. The zero-order chi connectivity index (χ0) is 21.9. The molecule has 0 spiro atoms. The number of ether oxygens (including phenoxy) is 2. The summed E-state index contributed by atoms with van der Waals surface area (Å²) in [6.45, 7) is 4.44. The van der Waals surface area contributed by atoms with Crippen molar-refractivity contribution in [2.75, 3.05) is 0 Å². The molecule has 0 aromatic rings. The van der Waals surface area contributed by atoms with Crippen LogP contribution in [0.3, 0.4) is 0 Å². The van der Waals surface area contributed by atoms with Gasteiger partial charge in [0.05, 0.1) is 0 Å². The molecule has 1 aliphatic carbocycles. The number of carbonyl (C=O) groups excluding carboxylic acids is 2. The Morgan fingerprint density at radius 3 is 1.77 bits per heavy atom. The van der Waals surface area contributed by atoms with Crippen LogP contribution in [0, 0.1) is 6.10 Å². The summed E-state index contributed by atoms with van der Waals surface area (Å²) in [5, 5.41) is 0. The highest BCUT2D eigenvalue weighted by Crippen LogP contribution is 2.30. The molecule has 1 atom stereocenters. The van der Waals surface area contributed by atoms with E-state index in [-0.39, 0.29) is 18.0 Å². The number of hydrogen-bond donors (Lipinski definition) is 0. The van der Waals surface area contributed by atoms with E-state index in [0.29, 0.717) is 18.9 Å². The smallest absolute Gasteiger partial charge is 0.306 e. The molecule has 1 unspecified atom stereocenters. The van der Waals surface area contributed by atoms with Crippen molar-refractivity contribution in [2.45, 2.75) is 148 Å². The van der Waals surface area contributed by atoms with Crippen LogP contribution in [-0.2, 0) is 19.1 Å². The topological polar surface area (TPSA) is 52.6 Å². The maximum absolute atomic E-state index is 12.2. The lowest BCUT2D eigenvalue weighted by Crippen LogP contribution is -2.31. The predicted molar refractivity (Wildman–Crippen MR) is 123 cm³/mol. The van der Waals surface area contributed by atoms with Gasteiger partial charge in [0.25, 0.3) is 0 Å². The molecule has 0 bridgehead atoms. The Hall–Kier alpha value is -1.06. The molecule has 1 aliphatic rings. The van der Waals surface area contributed by atoms with Gasteiger partial charge in [-0.15, -0.1) is 0 Å². The fourth-order valence-corrected chi connectivity index (χ4v) is 4.06. The molecule has 0 aromatic carbocycles. The molecular formula is C26H47O4. The Balaban J connectivity index is 2.17. The van der Waals surface area contributed by atoms with Gasteiger partial charge in [-0.1, -0.05) is 90.9 Å². The summed E-state index contributed by atoms with van der Waals surface area (Å²) in [5.74, 6) is -0.301. The Kier molecular flexibility index (Phi) is 16.8. The van der Waals surface area contributed by atoms with Crippen molar-refractivity contribution in [3.05, 3.63) is 6.10 Å². The van der Waals surface area contributed by atoms with Gasteiger partial charge >= 0.3 is 11.9 Å². The van der Waals surface area contributed by atoms with Crippen LogP contribution in [0.1, 0.15) is 142 Å². The first kappa shape index (κ1) is 27.0. The first-order chi connectivity index (χ1) is 14.7. The molecule has 30 heavy (non-hydrogen) atoms. The van der Waals surface area contributed by atoms with Crippen LogP contribution in [0.25, 0.3) is 0 Å². The van der Waals surface area contributed by atoms with Gasteiger partial charge in [-0.05, 0) is 38.5 Å². The molecule has 4 heteroatoms. The van der Waals surface area contributed by atoms with Gasteiger partial charge in [-0.3, -0.25) is 9.59 Å². The van der Waals surface area contributed by atoms with Crippen molar-refractivity contribution in [1.82, 2.24) is 0 Å². The second-order valence-electron chi connectivity index (χ2n) is 8.91. The van der Waals surface area contributed by atoms with E-state index in [2.05, 4.69) is 13.8 Å². The molecule has 0 aromatic heterocycles. The van der Waals surface area contributed by atoms with Crippen molar-refractivity contribution in [3.8, 4) is 0 Å². The van der Waals surface area contributed by atoms with Crippen molar-refractivity contribution in [2.24, 2.45) is 0 Å². The van der Waals surface area contributed by atoms with E-state index >= 15 is 0 Å². The Labute approximate surface area is 185 Å². The summed E-state index contributed by atoms with van der Waals surface area (Å²) in [5.41, 5.74) is 0. The molecule has 1 radical (unpaired) electrons. The highest BCUT2D eigenvalue weighted by Gasteiger charge is 2.32. The predicted octanol–water partition coefficient (Wildman–Crippen LogP) is 7.83. The van der Waals surface area contributed by atoms with Crippen LogP contribution in [-0.4, -0.2) is 18.0 Å². The summed E-state index contributed by atoms with van der Waals surface area (Å²) in [6.07, 6.45) is 21.4. The van der Waals surface area contributed by atoms with Crippen molar-refractivity contribution < 1.29 is 19.1 Å². The van der Waals surface area contributed by atoms with E-state index in [4.69, 9.17) is 9.47 Å². The van der Waals surface area contributed by atoms with Crippen molar-refractivity contribution in [1.29, 1.82) is 0 Å². The maximum atomic E-state index is 12.2. The van der Waals surface area contributed by atoms with E-state index < -0.39 is 0 Å². The molecule has 0 N–H and O–H groups in total. The normalized spacial score (nSPS) is 17.1. The molecular weight excluding hydrogens is 376 g/mol. The second kappa shape index (κ2) is 18.7. The van der Waals surface area contributed by atoms with Gasteiger partial charge in [0, 0.05) is 12.8 Å². The van der Waals surface area contributed by atoms with E-state index in [0.717, 1.165) is 51.4 Å². The quantitative estimate of drug-likeness (QED) is 0.166. The zero-order valence-electron chi connectivity index (χ0n) is 19.9. The average Bonchev–Trinajstić information content (AvgIpc) is 2.74. The summed E-state index contributed by atoms with van der Waals surface area (Å²) in [4.78, 5) is 24.4. The van der Waals surface area contributed by atoms with Crippen molar-refractivity contribution >= 4 is 11.9 Å². The van der Waals surface area contributed by atoms with Crippen LogP contribution in [0.2, 0.25) is 0 Å². The SMILES string of the molecule is CCCCCCCCCC(=O)O[C]1CCCCC1OC(=O)CCCCCCCCC. The lowest BCUT2D eigenvalue weighted by atomic mass is 9.94. The van der Waals surface area contributed by atoms with Gasteiger partial charge in [-0.2, -0.15) is 0 Å². The number of carbonyl (C=O) groups is 2. The lowest BCUT2D eigenvalue weighted by molar-refractivity contribution is -0.160. The Morgan fingerprint density at radius 2 is 1.20 bits per heavy atom. The monoisotopic (exact) mass is 423 g/mol. The highest BCUT2D eigenvalue weighted by molar-refractivity contribution is 5.71. The molecule has 0 saturated heterocycles. The van der Waals surface area contributed by atoms with Gasteiger partial charge in [0.2, 0.25) is 0 Å². The molecule has 1 saturated carbocycles. The number of rotatable bonds is 18. The number of esters is 2. The summed E-state index contributed by atoms with van der Waals surface area (Å²) in [7, 11) is 0. The fraction of sp³-hybridized carbons (Fsp3) is 0.885. The van der Waals surface area contributed by atoms with Crippen LogP contribution < -0.4 is 0 Å². The minimum Gasteiger partial charge on any atom is -0.458 e. The van der Waals surface area contributed by atoms with Crippen LogP contribution in [0.15, 0.2) is 0 Å². The molecule has 0 amide bonds. The van der Waals surface area contributed by atoms with Crippen molar-refractivity contribution in [3.63, 3.8) is 0 Å². The average molecular weight is 424 g/mol. The van der Waals surface area contributed by atoms with E-state index in [1.54, 1.807) is 0 Å². The van der Waals surface area contributed by atoms with Crippen LogP contribution in [0.5, 0.6) is 0 Å². The Morgan fingerprint density at radius 1 is 0.700 bits per heavy atom. The largest absolute Gasteiger partial charge is 0.458 e. The second-order valence-corrected chi connectivity index (χ2v) is 8.91. The van der Waals surface area contributed by atoms with Gasteiger partial charge < -0.3 is 9.47 Å². The summed E-state index contributed by atoms with van der Waals surface area (Å²) < 4.78 is 11.3. The third-order valence-corrected chi connectivity index (χ3v) is 5.99. The van der Waals surface area contributed by atoms with Gasteiger partial charge in [0.15, 0.2) is 6.10 Å². The molecule has 0 heterocycles. The molecule has 1 rings (SSSR count). The standard InChI is InChI=1S/C26H47O4/c1-3-5-7-9-11-13-15-21-25(27)29-23-19-17-18-20-24(23)30-26(28)22-16-14-12-10-8-6-4-2/h23H,3-22H2,1-2H3. The molecule has 175 valence electrons. The summed E-state index contributed by atoms with van der Waals surface area (Å²) >= 11 is 0. The Bertz CT molecular complexity index is 395. The fourth-order valence-electron chi connectivity index (χ4n) is 4.06. The number of hydrogen-bond acceptors (Lipinski definition) is 4. The highest BCUT2D eigenvalue weighted by atomic mass is 16.6. The van der Waals surface area contributed by atoms with E-state index in [1.165, 1.54) is 64.2 Å². The minimum absolute atomic E-state index is 0.143. The van der Waals surface area contributed by atoms with Gasteiger partial charge in [0.1, 0.15) is 6.10 Å². The van der Waals surface area contributed by atoms with E-state index in [9.17, 15) is 9.59 Å². The van der Waals surface area contributed by atoms with Gasteiger partial charge in [-0.25, -0.2) is 0 Å². The lowest BCUT2D eigenvalue weighted by Gasteiger charge is -2.29. The maximum Gasteiger partial charge on any atom is 0.306 e. The van der Waals surface area contributed by atoms with Crippen LogP contribution >= 0.6 is 0 Å². The molecule has 4 nitrogen and oxygen atoms in total. The molecule has 0 aliphatic heterocycles. The van der Waals surface area contributed by atoms with Crippen LogP contribution in [0.4, 0.5) is 0 Å².